The summed E-state index contributed by atoms with van der Waals surface area (Å²) >= 11 is 0. The zero-order valence-corrected chi connectivity index (χ0v) is 35.8. The standard InChI is InChI=1S/C46H91NO5/c1-6-9-12-15-16-19-24-32-44(49)51-41-28-36-46(4,5)35-27-38-47(39-29-40-48)37-26-21-20-25-33-45(50)52-42-34-43(30-22-17-13-10-7-2)31-23-18-14-11-8-3/h43,48H,6-42H2,1-5H3. The fourth-order valence-electron chi connectivity index (χ4n) is 7.45. The Morgan fingerprint density at radius 2 is 0.923 bits per heavy atom. The van der Waals surface area contributed by atoms with Gasteiger partial charge in [0.25, 0.3) is 0 Å². The van der Waals surface area contributed by atoms with Gasteiger partial charge in [-0.2, -0.15) is 0 Å². The van der Waals surface area contributed by atoms with Crippen molar-refractivity contribution in [1.29, 1.82) is 0 Å². The maximum Gasteiger partial charge on any atom is 0.305 e. The van der Waals surface area contributed by atoms with E-state index in [4.69, 9.17) is 9.47 Å². The second-order valence-electron chi connectivity index (χ2n) is 16.8. The molecule has 6 nitrogen and oxygen atoms in total. The monoisotopic (exact) mass is 738 g/mol. The molecule has 0 aromatic heterocycles. The zero-order valence-electron chi connectivity index (χ0n) is 35.8. The second-order valence-corrected chi connectivity index (χ2v) is 16.8. The van der Waals surface area contributed by atoms with Gasteiger partial charge in [0.1, 0.15) is 0 Å². The summed E-state index contributed by atoms with van der Waals surface area (Å²) in [5, 5.41) is 9.44. The predicted molar refractivity (Wildman–Crippen MR) is 223 cm³/mol. The molecule has 0 aromatic rings. The Hall–Kier alpha value is -1.14. The van der Waals surface area contributed by atoms with E-state index in [0.29, 0.717) is 32.0 Å². The van der Waals surface area contributed by atoms with E-state index in [1.165, 1.54) is 109 Å². The number of unbranched alkanes of at least 4 members (excludes halogenated alkanes) is 17. The highest BCUT2D eigenvalue weighted by Gasteiger charge is 2.18. The van der Waals surface area contributed by atoms with Crippen LogP contribution >= 0.6 is 0 Å². The lowest BCUT2D eigenvalue weighted by Crippen LogP contribution is -2.29. The smallest absolute Gasteiger partial charge is 0.305 e. The first-order chi connectivity index (χ1) is 25.3. The lowest BCUT2D eigenvalue weighted by molar-refractivity contribution is -0.145. The minimum Gasteiger partial charge on any atom is -0.466 e. The molecule has 0 radical (unpaired) electrons. The quantitative estimate of drug-likeness (QED) is 0.0497. The molecule has 0 bridgehead atoms. The molecule has 0 atom stereocenters. The van der Waals surface area contributed by atoms with Gasteiger partial charge in [0.15, 0.2) is 0 Å². The first-order valence-electron chi connectivity index (χ1n) is 22.9. The lowest BCUT2D eigenvalue weighted by Gasteiger charge is -2.27. The fraction of sp³-hybridized carbons (Fsp3) is 0.957. The van der Waals surface area contributed by atoms with Crippen LogP contribution in [0.5, 0.6) is 0 Å². The normalized spacial score (nSPS) is 11.9. The molecule has 0 aliphatic rings. The van der Waals surface area contributed by atoms with Gasteiger partial charge in [-0.1, -0.05) is 163 Å². The lowest BCUT2D eigenvalue weighted by atomic mass is 9.83. The molecular weight excluding hydrogens is 647 g/mol. The molecule has 0 unspecified atom stereocenters. The van der Waals surface area contributed by atoms with E-state index < -0.39 is 0 Å². The average Bonchev–Trinajstić information content (AvgIpc) is 3.12. The van der Waals surface area contributed by atoms with Gasteiger partial charge in [0.2, 0.25) is 0 Å². The van der Waals surface area contributed by atoms with E-state index in [1.54, 1.807) is 0 Å². The van der Waals surface area contributed by atoms with Crippen LogP contribution in [0.15, 0.2) is 0 Å². The molecule has 6 heteroatoms. The molecular formula is C46H91NO5. The Morgan fingerprint density at radius 1 is 0.500 bits per heavy atom. The topological polar surface area (TPSA) is 76.1 Å². The van der Waals surface area contributed by atoms with Gasteiger partial charge in [-0.3, -0.25) is 9.59 Å². The first-order valence-corrected chi connectivity index (χ1v) is 22.9. The van der Waals surface area contributed by atoms with Crippen molar-refractivity contribution < 1.29 is 24.2 Å². The third kappa shape index (κ3) is 35.9. The van der Waals surface area contributed by atoms with Crippen LogP contribution in [0.4, 0.5) is 0 Å². The van der Waals surface area contributed by atoms with Crippen LogP contribution in [0.3, 0.4) is 0 Å². The van der Waals surface area contributed by atoms with Crippen LogP contribution in [0.1, 0.15) is 234 Å². The Morgan fingerprint density at radius 3 is 1.46 bits per heavy atom. The molecule has 0 saturated carbocycles. The summed E-state index contributed by atoms with van der Waals surface area (Å²) in [5.41, 5.74) is 0.228. The summed E-state index contributed by atoms with van der Waals surface area (Å²) < 4.78 is 11.2. The van der Waals surface area contributed by atoms with Crippen molar-refractivity contribution in [2.45, 2.75) is 234 Å². The third-order valence-electron chi connectivity index (χ3n) is 11.0. The Balaban J connectivity index is 4.15. The molecule has 0 aromatic carbocycles. The van der Waals surface area contributed by atoms with Gasteiger partial charge in [0, 0.05) is 26.0 Å². The second kappa shape index (κ2) is 38.1. The number of hydrogen-bond acceptors (Lipinski definition) is 6. The van der Waals surface area contributed by atoms with Crippen molar-refractivity contribution in [3.63, 3.8) is 0 Å². The van der Waals surface area contributed by atoms with Gasteiger partial charge < -0.3 is 19.5 Å². The fourth-order valence-corrected chi connectivity index (χ4v) is 7.45. The maximum absolute atomic E-state index is 12.5. The van der Waals surface area contributed by atoms with Crippen LogP contribution < -0.4 is 0 Å². The predicted octanol–water partition coefficient (Wildman–Crippen LogP) is 13.2. The highest BCUT2D eigenvalue weighted by molar-refractivity contribution is 5.69. The van der Waals surface area contributed by atoms with Crippen LogP contribution in [0, 0.1) is 11.3 Å². The summed E-state index contributed by atoms with van der Waals surface area (Å²) in [6.45, 7) is 15.9. The molecule has 0 aliphatic heterocycles. The van der Waals surface area contributed by atoms with Crippen LogP contribution in [0.25, 0.3) is 0 Å². The molecule has 0 rings (SSSR count). The molecule has 0 heterocycles. The highest BCUT2D eigenvalue weighted by Crippen LogP contribution is 2.28. The van der Waals surface area contributed by atoms with Gasteiger partial charge in [-0.05, 0) is 82.2 Å². The molecule has 0 aliphatic carbocycles. The largest absolute Gasteiger partial charge is 0.466 e. The van der Waals surface area contributed by atoms with Crippen molar-refractivity contribution in [3.05, 3.63) is 0 Å². The van der Waals surface area contributed by atoms with Gasteiger partial charge in [-0.25, -0.2) is 0 Å². The van der Waals surface area contributed by atoms with Crippen molar-refractivity contribution in [2.75, 3.05) is 39.5 Å². The number of carbonyl (C=O) groups excluding carboxylic acids is 2. The van der Waals surface area contributed by atoms with Gasteiger partial charge in [-0.15, -0.1) is 0 Å². The van der Waals surface area contributed by atoms with E-state index in [-0.39, 0.29) is 24.0 Å². The molecule has 0 saturated heterocycles. The zero-order chi connectivity index (χ0) is 38.4. The summed E-state index contributed by atoms with van der Waals surface area (Å²) in [6.07, 6.45) is 35.9. The third-order valence-corrected chi connectivity index (χ3v) is 11.0. The number of aliphatic hydroxyl groups excluding tert-OH is 1. The SMILES string of the molecule is CCCCCCCCCC(=O)OCCCC(C)(C)CCCN(CCCO)CCCCCCC(=O)OCCC(CCCCCCC)CCCCCCC. The molecule has 1 N–H and O–H groups in total. The summed E-state index contributed by atoms with van der Waals surface area (Å²) in [6, 6.07) is 0. The summed E-state index contributed by atoms with van der Waals surface area (Å²) in [5.74, 6) is 0.659. The number of aliphatic hydroxyl groups is 1. The molecule has 0 fully saturated rings. The number of ether oxygens (including phenoxy) is 2. The molecule has 0 spiro atoms. The molecule has 52 heavy (non-hydrogen) atoms. The van der Waals surface area contributed by atoms with Crippen molar-refractivity contribution >= 4 is 11.9 Å². The van der Waals surface area contributed by atoms with Gasteiger partial charge in [0.05, 0.1) is 13.2 Å². The molecule has 0 amide bonds. The molecule has 310 valence electrons. The minimum atomic E-state index is -0.0309. The van der Waals surface area contributed by atoms with Crippen molar-refractivity contribution in [3.8, 4) is 0 Å². The maximum atomic E-state index is 12.5. The minimum absolute atomic E-state index is 0.0153. The van der Waals surface area contributed by atoms with Crippen LogP contribution in [-0.2, 0) is 19.1 Å². The van der Waals surface area contributed by atoms with Crippen molar-refractivity contribution in [1.82, 2.24) is 4.90 Å². The Bertz CT molecular complexity index is 758. The summed E-state index contributed by atoms with van der Waals surface area (Å²) in [4.78, 5) is 27.1. The van der Waals surface area contributed by atoms with Crippen LogP contribution in [0.2, 0.25) is 0 Å². The number of esters is 2. The van der Waals surface area contributed by atoms with E-state index in [9.17, 15) is 14.7 Å². The average molecular weight is 738 g/mol. The van der Waals surface area contributed by atoms with E-state index in [2.05, 4.69) is 39.5 Å². The number of hydrogen-bond donors (Lipinski definition) is 1. The Labute approximate surface area is 324 Å². The highest BCUT2D eigenvalue weighted by atomic mass is 16.5. The van der Waals surface area contributed by atoms with E-state index in [0.717, 1.165) is 96.7 Å². The summed E-state index contributed by atoms with van der Waals surface area (Å²) in [7, 11) is 0. The van der Waals surface area contributed by atoms with E-state index in [1.807, 2.05) is 0 Å². The van der Waals surface area contributed by atoms with Gasteiger partial charge >= 0.3 is 11.9 Å². The first kappa shape index (κ1) is 50.9. The van der Waals surface area contributed by atoms with Crippen molar-refractivity contribution in [2.24, 2.45) is 11.3 Å². The Kier molecular flexibility index (Phi) is 37.3. The van der Waals surface area contributed by atoms with Crippen LogP contribution in [-0.4, -0.2) is 61.4 Å². The number of carbonyl (C=O) groups is 2. The number of rotatable bonds is 41. The number of nitrogens with zero attached hydrogens (tertiary/aromatic N) is 1. The van der Waals surface area contributed by atoms with E-state index >= 15 is 0 Å².